The smallest absolute Gasteiger partial charge is 0.335 e. The van der Waals surface area contributed by atoms with Crippen molar-refractivity contribution in [2.45, 2.75) is 39.5 Å². The van der Waals surface area contributed by atoms with Crippen molar-refractivity contribution in [3.63, 3.8) is 0 Å². The average molecular weight is 488 g/mol. The molecule has 190 valence electrons. The maximum atomic E-state index is 11.8. The molecule has 2 aliphatic heterocycles. The van der Waals surface area contributed by atoms with E-state index in [1.165, 1.54) is 0 Å². The highest BCUT2D eigenvalue weighted by molar-refractivity contribution is 5.89. The molecule has 0 saturated carbocycles. The fourth-order valence-electron chi connectivity index (χ4n) is 3.76. The second kappa shape index (κ2) is 12.6. The monoisotopic (exact) mass is 487 g/mol. The number of rotatable bonds is 13. The van der Waals surface area contributed by atoms with Gasteiger partial charge >= 0.3 is 17.9 Å². The van der Waals surface area contributed by atoms with Gasteiger partial charge in [0, 0.05) is 50.7 Å². The van der Waals surface area contributed by atoms with Gasteiger partial charge in [-0.3, -0.25) is 9.59 Å². The predicted molar refractivity (Wildman–Crippen MR) is 129 cm³/mol. The zero-order valence-corrected chi connectivity index (χ0v) is 20.3. The van der Waals surface area contributed by atoms with Crippen molar-refractivity contribution in [3.05, 3.63) is 42.5 Å². The van der Waals surface area contributed by atoms with Gasteiger partial charge in [0.15, 0.2) is 0 Å². The third kappa shape index (κ3) is 7.62. The number of hydrogen-bond acceptors (Lipinski definition) is 10. The molecule has 3 rings (SSSR count). The van der Waals surface area contributed by atoms with Crippen LogP contribution >= 0.6 is 0 Å². The molecular weight excluding hydrogens is 454 g/mol. The average Bonchev–Trinajstić information content (AvgIpc) is 3.49. The number of nitrogens with zero attached hydrogens (tertiary/aromatic N) is 5. The van der Waals surface area contributed by atoms with E-state index >= 15 is 0 Å². The Hall–Kier alpha value is -3.76. The number of esters is 2. The molecule has 0 bridgehead atoms. The lowest BCUT2D eigenvalue weighted by Gasteiger charge is -2.24. The minimum atomic E-state index is -1.03. The van der Waals surface area contributed by atoms with E-state index in [9.17, 15) is 19.5 Å². The van der Waals surface area contributed by atoms with Crippen LogP contribution in [0.3, 0.4) is 0 Å². The SMILES string of the molecule is CCOC(=O)CCCN1C=CN(c2cc(C(=O)O)cc(N3C=CN(CCCC(=O)OCC)C3)n2)C1. The molecular formula is C24H33N5O6. The molecule has 0 atom stereocenters. The Morgan fingerprint density at radius 1 is 0.829 bits per heavy atom. The summed E-state index contributed by atoms with van der Waals surface area (Å²) in [4.78, 5) is 47.4. The Morgan fingerprint density at radius 3 is 1.69 bits per heavy atom. The standard InChI is InChI=1S/C24H33N5O6/c1-3-34-22(30)7-5-9-26-11-13-28(17-26)20-15-19(24(32)33)16-21(25-20)29-14-12-27(18-29)10-6-8-23(31)35-4-2/h11-16H,3-10,17-18H2,1-2H3,(H,32,33). The second-order valence-corrected chi connectivity index (χ2v) is 8.14. The number of hydrogen-bond donors (Lipinski definition) is 1. The van der Waals surface area contributed by atoms with Gasteiger partial charge in [-0.2, -0.15) is 0 Å². The van der Waals surface area contributed by atoms with Crippen LogP contribution in [0.2, 0.25) is 0 Å². The van der Waals surface area contributed by atoms with E-state index in [0.29, 0.717) is 77.0 Å². The molecule has 1 aromatic heterocycles. The first-order chi connectivity index (χ1) is 16.9. The van der Waals surface area contributed by atoms with Crippen LogP contribution < -0.4 is 9.80 Å². The number of carboxylic acid groups (broad SMARTS) is 1. The summed E-state index contributed by atoms with van der Waals surface area (Å²) < 4.78 is 9.92. The van der Waals surface area contributed by atoms with Gasteiger partial charge in [-0.1, -0.05) is 0 Å². The van der Waals surface area contributed by atoms with Crippen molar-refractivity contribution < 1.29 is 29.0 Å². The lowest BCUT2D eigenvalue weighted by atomic mass is 10.2. The molecule has 0 aliphatic carbocycles. The summed E-state index contributed by atoms with van der Waals surface area (Å²) in [6, 6.07) is 3.10. The minimum absolute atomic E-state index is 0.147. The van der Waals surface area contributed by atoms with E-state index in [0.717, 1.165) is 0 Å². The van der Waals surface area contributed by atoms with E-state index in [1.54, 1.807) is 26.0 Å². The van der Waals surface area contributed by atoms with Crippen LogP contribution in [0.25, 0.3) is 0 Å². The highest BCUT2D eigenvalue weighted by atomic mass is 16.5. The van der Waals surface area contributed by atoms with Crippen molar-refractivity contribution in [3.8, 4) is 0 Å². The third-order valence-electron chi connectivity index (χ3n) is 5.48. The van der Waals surface area contributed by atoms with Crippen LogP contribution in [-0.4, -0.2) is 77.4 Å². The maximum Gasteiger partial charge on any atom is 0.335 e. The van der Waals surface area contributed by atoms with E-state index in [-0.39, 0.29) is 17.5 Å². The molecule has 1 N–H and O–H groups in total. The number of aromatic carboxylic acids is 1. The Morgan fingerprint density at radius 2 is 1.29 bits per heavy atom. The molecule has 0 aromatic carbocycles. The Balaban J connectivity index is 1.58. The van der Waals surface area contributed by atoms with Crippen LogP contribution in [-0.2, 0) is 19.1 Å². The first kappa shape index (κ1) is 25.9. The first-order valence-electron chi connectivity index (χ1n) is 11.8. The fourth-order valence-corrected chi connectivity index (χ4v) is 3.76. The molecule has 2 aliphatic rings. The summed E-state index contributed by atoms with van der Waals surface area (Å²) in [5, 5.41) is 9.64. The molecule has 0 saturated heterocycles. The molecule has 0 unspecified atom stereocenters. The van der Waals surface area contributed by atoms with E-state index in [1.807, 2.05) is 44.4 Å². The van der Waals surface area contributed by atoms with Crippen LogP contribution in [0.15, 0.2) is 36.9 Å². The Kier molecular flexibility index (Phi) is 9.33. The fraction of sp³-hybridized carbons (Fsp3) is 0.500. The molecule has 1 aromatic rings. The molecule has 11 heteroatoms. The lowest BCUT2D eigenvalue weighted by molar-refractivity contribution is -0.144. The number of carbonyl (C=O) groups excluding carboxylic acids is 2. The molecule has 0 spiro atoms. The van der Waals surface area contributed by atoms with Crippen LogP contribution in [0.5, 0.6) is 0 Å². The molecule has 35 heavy (non-hydrogen) atoms. The summed E-state index contributed by atoms with van der Waals surface area (Å²) in [6.45, 7) is 6.69. The topological polar surface area (TPSA) is 116 Å². The van der Waals surface area contributed by atoms with Gasteiger partial charge in [0.1, 0.15) is 11.6 Å². The summed E-state index contributed by atoms with van der Waals surface area (Å²) in [5.41, 5.74) is 0.147. The Bertz CT molecular complexity index is 899. The minimum Gasteiger partial charge on any atom is -0.478 e. The highest BCUT2D eigenvalue weighted by Crippen LogP contribution is 2.26. The Labute approximate surface area is 205 Å². The van der Waals surface area contributed by atoms with Crippen molar-refractivity contribution >= 4 is 29.5 Å². The van der Waals surface area contributed by atoms with Gasteiger partial charge in [0.2, 0.25) is 0 Å². The van der Waals surface area contributed by atoms with Crippen LogP contribution in [0.4, 0.5) is 11.6 Å². The van der Waals surface area contributed by atoms with Crippen molar-refractivity contribution in [2.75, 3.05) is 49.4 Å². The first-order valence-corrected chi connectivity index (χ1v) is 11.8. The molecule has 0 amide bonds. The van der Waals surface area contributed by atoms with E-state index in [2.05, 4.69) is 0 Å². The van der Waals surface area contributed by atoms with Gasteiger partial charge in [0.05, 0.1) is 32.1 Å². The van der Waals surface area contributed by atoms with Gasteiger partial charge in [-0.05, 0) is 38.8 Å². The van der Waals surface area contributed by atoms with Gasteiger partial charge in [0.25, 0.3) is 0 Å². The largest absolute Gasteiger partial charge is 0.478 e. The zero-order valence-electron chi connectivity index (χ0n) is 20.3. The van der Waals surface area contributed by atoms with E-state index < -0.39 is 5.97 Å². The van der Waals surface area contributed by atoms with Crippen molar-refractivity contribution in [2.24, 2.45) is 0 Å². The maximum absolute atomic E-state index is 11.8. The predicted octanol–water partition coefficient (Wildman–Crippen LogP) is 2.57. The summed E-state index contributed by atoms with van der Waals surface area (Å²) >= 11 is 0. The van der Waals surface area contributed by atoms with Gasteiger partial charge in [-0.25, -0.2) is 9.78 Å². The van der Waals surface area contributed by atoms with Crippen LogP contribution in [0.1, 0.15) is 49.9 Å². The number of anilines is 2. The lowest BCUT2D eigenvalue weighted by Crippen LogP contribution is -2.29. The van der Waals surface area contributed by atoms with Gasteiger partial charge < -0.3 is 34.2 Å². The number of carbonyl (C=O) groups is 3. The molecule has 0 radical (unpaired) electrons. The normalized spacial score (nSPS) is 14.7. The number of ether oxygens (including phenoxy) is 2. The summed E-state index contributed by atoms with van der Waals surface area (Å²) in [5.74, 6) is -0.390. The molecule has 0 fully saturated rings. The van der Waals surface area contributed by atoms with Crippen LogP contribution in [0, 0.1) is 0 Å². The third-order valence-corrected chi connectivity index (χ3v) is 5.48. The van der Waals surface area contributed by atoms with Gasteiger partial charge in [-0.15, -0.1) is 0 Å². The van der Waals surface area contributed by atoms with Crippen molar-refractivity contribution in [1.29, 1.82) is 0 Å². The highest BCUT2D eigenvalue weighted by Gasteiger charge is 2.22. The quantitative estimate of drug-likeness (QED) is 0.414. The molecule has 11 nitrogen and oxygen atoms in total. The number of aromatic nitrogens is 1. The second-order valence-electron chi connectivity index (χ2n) is 8.14. The summed E-state index contributed by atoms with van der Waals surface area (Å²) in [6.07, 6.45) is 9.54. The number of carboxylic acids is 1. The number of pyridine rings is 1. The zero-order chi connectivity index (χ0) is 25.2. The van der Waals surface area contributed by atoms with E-state index in [4.69, 9.17) is 14.5 Å². The summed E-state index contributed by atoms with van der Waals surface area (Å²) in [7, 11) is 0. The molecule has 3 heterocycles. The van der Waals surface area contributed by atoms with Crippen molar-refractivity contribution in [1.82, 2.24) is 14.8 Å².